The van der Waals surface area contributed by atoms with Crippen LogP contribution in [0.5, 0.6) is 0 Å². The summed E-state index contributed by atoms with van der Waals surface area (Å²) in [5, 5.41) is 11.7. The molecule has 2 heterocycles. The summed E-state index contributed by atoms with van der Waals surface area (Å²) in [5.74, 6) is -0.590. The Kier molecular flexibility index (Phi) is 3.15. The Morgan fingerprint density at radius 3 is 2.95 bits per heavy atom. The van der Waals surface area contributed by atoms with Crippen LogP contribution in [0.4, 0.5) is 15.9 Å². The van der Waals surface area contributed by atoms with Crippen molar-refractivity contribution in [2.75, 3.05) is 5.32 Å². The minimum absolute atomic E-state index is 0.000746. The summed E-state index contributed by atoms with van der Waals surface area (Å²) in [6, 6.07) is 5.71. The molecule has 7 heteroatoms. The molecule has 0 saturated carbocycles. The normalized spacial score (nSPS) is 10.8. The SMILES string of the molecule is Cc1cccc2c(Nc3nc(Cl)ncc3F)cnnc12. The molecule has 0 aliphatic carbocycles. The molecule has 100 valence electrons. The molecule has 0 atom stereocenters. The third-order valence-corrected chi connectivity index (χ3v) is 3.02. The van der Waals surface area contributed by atoms with Gasteiger partial charge in [-0.05, 0) is 24.1 Å². The molecule has 20 heavy (non-hydrogen) atoms. The van der Waals surface area contributed by atoms with E-state index in [-0.39, 0.29) is 11.1 Å². The minimum Gasteiger partial charge on any atom is -0.336 e. The highest BCUT2D eigenvalue weighted by Gasteiger charge is 2.10. The number of benzene rings is 1. The number of nitrogens with one attached hydrogen (secondary N) is 1. The van der Waals surface area contributed by atoms with E-state index < -0.39 is 5.82 Å². The topological polar surface area (TPSA) is 63.6 Å². The first-order chi connectivity index (χ1) is 9.65. The third-order valence-electron chi connectivity index (χ3n) is 2.84. The molecule has 0 unspecified atom stereocenters. The Labute approximate surface area is 118 Å². The zero-order chi connectivity index (χ0) is 14.1. The Morgan fingerprint density at radius 2 is 2.10 bits per heavy atom. The van der Waals surface area contributed by atoms with E-state index in [0.29, 0.717) is 5.69 Å². The van der Waals surface area contributed by atoms with Gasteiger partial charge >= 0.3 is 0 Å². The number of aryl methyl sites for hydroxylation is 1. The summed E-state index contributed by atoms with van der Waals surface area (Å²) < 4.78 is 13.7. The lowest BCUT2D eigenvalue weighted by Gasteiger charge is -2.09. The van der Waals surface area contributed by atoms with Crippen molar-refractivity contribution in [2.45, 2.75) is 6.92 Å². The predicted molar refractivity (Wildman–Crippen MR) is 74.6 cm³/mol. The lowest BCUT2D eigenvalue weighted by molar-refractivity contribution is 0.619. The van der Waals surface area contributed by atoms with E-state index in [4.69, 9.17) is 11.6 Å². The van der Waals surface area contributed by atoms with E-state index in [1.807, 2.05) is 25.1 Å². The van der Waals surface area contributed by atoms with Gasteiger partial charge < -0.3 is 5.32 Å². The van der Waals surface area contributed by atoms with Gasteiger partial charge in [-0.1, -0.05) is 18.2 Å². The summed E-state index contributed by atoms with van der Waals surface area (Å²) in [4.78, 5) is 7.39. The van der Waals surface area contributed by atoms with Gasteiger partial charge in [0.2, 0.25) is 5.28 Å². The molecular formula is C13H9ClFN5. The van der Waals surface area contributed by atoms with Crippen molar-refractivity contribution in [1.82, 2.24) is 20.2 Å². The molecule has 0 spiro atoms. The Hall–Kier alpha value is -2.34. The van der Waals surface area contributed by atoms with Crippen LogP contribution in [0.1, 0.15) is 5.56 Å². The van der Waals surface area contributed by atoms with Gasteiger partial charge in [0.25, 0.3) is 0 Å². The molecule has 0 bridgehead atoms. The predicted octanol–water partition coefficient (Wildman–Crippen LogP) is 3.26. The monoisotopic (exact) mass is 289 g/mol. The second-order valence-corrected chi connectivity index (χ2v) is 4.53. The molecular weight excluding hydrogens is 281 g/mol. The molecule has 3 aromatic rings. The Bertz CT molecular complexity index is 793. The van der Waals surface area contributed by atoms with Gasteiger partial charge in [0, 0.05) is 5.39 Å². The average Bonchev–Trinajstić information content (AvgIpc) is 2.44. The molecule has 0 saturated heterocycles. The first kappa shape index (κ1) is 12.7. The third kappa shape index (κ3) is 2.25. The highest BCUT2D eigenvalue weighted by atomic mass is 35.5. The number of hydrogen-bond donors (Lipinski definition) is 1. The van der Waals surface area contributed by atoms with Crippen molar-refractivity contribution in [1.29, 1.82) is 0 Å². The number of nitrogens with zero attached hydrogens (tertiary/aromatic N) is 4. The van der Waals surface area contributed by atoms with Crippen molar-refractivity contribution in [3.05, 3.63) is 47.3 Å². The van der Waals surface area contributed by atoms with E-state index in [2.05, 4.69) is 25.5 Å². The van der Waals surface area contributed by atoms with E-state index in [9.17, 15) is 4.39 Å². The first-order valence-corrected chi connectivity index (χ1v) is 6.19. The van der Waals surface area contributed by atoms with Crippen LogP contribution >= 0.6 is 11.6 Å². The molecule has 0 aliphatic heterocycles. The second-order valence-electron chi connectivity index (χ2n) is 4.19. The number of rotatable bonds is 2. The van der Waals surface area contributed by atoms with Crippen LogP contribution in [0.3, 0.4) is 0 Å². The summed E-state index contributed by atoms with van der Waals surface area (Å²) in [6.07, 6.45) is 2.52. The number of hydrogen-bond acceptors (Lipinski definition) is 5. The van der Waals surface area contributed by atoms with Gasteiger partial charge in [-0.3, -0.25) is 0 Å². The van der Waals surface area contributed by atoms with Crippen LogP contribution in [0.2, 0.25) is 5.28 Å². The van der Waals surface area contributed by atoms with Crippen LogP contribution in [-0.2, 0) is 0 Å². The fourth-order valence-electron chi connectivity index (χ4n) is 1.88. The zero-order valence-electron chi connectivity index (χ0n) is 10.4. The minimum atomic E-state index is -0.591. The first-order valence-electron chi connectivity index (χ1n) is 5.81. The zero-order valence-corrected chi connectivity index (χ0v) is 11.2. The highest BCUT2D eigenvalue weighted by molar-refractivity contribution is 6.28. The standard InChI is InChI=1S/C13H9ClFN5/c1-7-3-2-4-8-10(6-17-20-11(7)8)18-12-9(15)5-16-13(14)19-12/h2-6H,1H3,(H,16,18,19,20). The summed E-state index contributed by atoms with van der Waals surface area (Å²) in [7, 11) is 0. The number of anilines is 2. The van der Waals surface area contributed by atoms with Crippen LogP contribution in [-0.4, -0.2) is 20.2 Å². The number of fused-ring (bicyclic) bond motifs is 1. The maximum Gasteiger partial charge on any atom is 0.224 e. The summed E-state index contributed by atoms with van der Waals surface area (Å²) in [6.45, 7) is 1.93. The van der Waals surface area contributed by atoms with E-state index >= 15 is 0 Å². The van der Waals surface area contributed by atoms with Crippen molar-refractivity contribution in [2.24, 2.45) is 0 Å². The smallest absolute Gasteiger partial charge is 0.224 e. The van der Waals surface area contributed by atoms with Crippen LogP contribution in [0.15, 0.2) is 30.6 Å². The van der Waals surface area contributed by atoms with Crippen molar-refractivity contribution >= 4 is 34.0 Å². The van der Waals surface area contributed by atoms with Gasteiger partial charge in [0.1, 0.15) is 0 Å². The molecule has 0 aliphatic rings. The molecule has 2 aromatic heterocycles. The Morgan fingerprint density at radius 1 is 1.25 bits per heavy atom. The summed E-state index contributed by atoms with van der Waals surface area (Å²) >= 11 is 5.67. The maximum atomic E-state index is 13.7. The van der Waals surface area contributed by atoms with Crippen LogP contribution in [0, 0.1) is 12.7 Å². The Balaban J connectivity index is 2.11. The van der Waals surface area contributed by atoms with Gasteiger partial charge in [-0.25, -0.2) is 9.37 Å². The molecule has 0 fully saturated rings. The lowest BCUT2D eigenvalue weighted by Crippen LogP contribution is -2.01. The number of halogens is 2. The van der Waals surface area contributed by atoms with E-state index in [0.717, 1.165) is 22.7 Å². The fraction of sp³-hybridized carbons (Fsp3) is 0.0769. The van der Waals surface area contributed by atoms with Gasteiger partial charge in [0.15, 0.2) is 11.6 Å². The van der Waals surface area contributed by atoms with Gasteiger partial charge in [-0.2, -0.15) is 15.2 Å². The molecule has 0 radical (unpaired) electrons. The van der Waals surface area contributed by atoms with Crippen molar-refractivity contribution < 1.29 is 4.39 Å². The molecule has 5 nitrogen and oxygen atoms in total. The molecule has 3 rings (SSSR count). The van der Waals surface area contributed by atoms with E-state index in [1.165, 1.54) is 6.20 Å². The quantitative estimate of drug-likeness (QED) is 0.734. The fourth-order valence-corrected chi connectivity index (χ4v) is 2.02. The van der Waals surface area contributed by atoms with Crippen molar-refractivity contribution in [3.8, 4) is 0 Å². The van der Waals surface area contributed by atoms with Gasteiger partial charge in [0.05, 0.1) is 23.6 Å². The van der Waals surface area contributed by atoms with Crippen LogP contribution in [0.25, 0.3) is 10.9 Å². The summed E-state index contributed by atoms with van der Waals surface area (Å²) in [5.41, 5.74) is 2.34. The van der Waals surface area contributed by atoms with Gasteiger partial charge in [-0.15, -0.1) is 0 Å². The van der Waals surface area contributed by atoms with Crippen LogP contribution < -0.4 is 5.32 Å². The lowest BCUT2D eigenvalue weighted by atomic mass is 10.1. The second kappa shape index (κ2) is 4.97. The molecule has 0 amide bonds. The largest absolute Gasteiger partial charge is 0.336 e. The maximum absolute atomic E-state index is 13.7. The molecule has 1 N–H and O–H groups in total. The highest BCUT2D eigenvalue weighted by Crippen LogP contribution is 2.26. The molecule has 1 aromatic carbocycles. The van der Waals surface area contributed by atoms with E-state index in [1.54, 1.807) is 0 Å². The average molecular weight is 290 g/mol. The number of aromatic nitrogens is 4. The van der Waals surface area contributed by atoms with Crippen molar-refractivity contribution in [3.63, 3.8) is 0 Å².